The van der Waals surface area contributed by atoms with Crippen LogP contribution in [-0.4, -0.2) is 0 Å². The molecule has 0 amide bonds. The number of benzene rings is 4. The van der Waals surface area contributed by atoms with E-state index in [1.807, 2.05) is 0 Å². The summed E-state index contributed by atoms with van der Waals surface area (Å²) in [4.78, 5) is 0. The van der Waals surface area contributed by atoms with E-state index in [0.717, 1.165) is 4.47 Å². The van der Waals surface area contributed by atoms with Crippen LogP contribution in [0, 0.1) is 3.57 Å². The molecule has 4 aromatic rings. The Bertz CT molecular complexity index is 922. The fourth-order valence-electron chi connectivity index (χ4n) is 2.78. The van der Waals surface area contributed by atoms with E-state index in [0.29, 0.717) is 0 Å². The van der Waals surface area contributed by atoms with E-state index in [1.165, 1.54) is 40.4 Å². The van der Waals surface area contributed by atoms with Gasteiger partial charge in [-0.1, -0.05) is 62.2 Å². The zero-order valence-corrected chi connectivity index (χ0v) is 15.0. The molecule has 0 unspecified atom stereocenters. The Balaban J connectivity index is 2.47. The molecule has 3 heteroatoms. The van der Waals surface area contributed by atoms with E-state index in [2.05, 4.69) is 96.9 Å². The molecule has 0 spiro atoms. The molecule has 0 saturated heterocycles. The molecule has 0 heterocycles. The van der Waals surface area contributed by atoms with Crippen LogP contribution in [0.3, 0.4) is 0 Å². The van der Waals surface area contributed by atoms with Crippen LogP contribution in [-0.2, 0) is 0 Å². The van der Waals surface area contributed by atoms with Gasteiger partial charge in [0.1, 0.15) is 0 Å². The van der Waals surface area contributed by atoms with Crippen LogP contribution in [0.25, 0.3) is 32.3 Å². The van der Waals surface area contributed by atoms with Crippen molar-refractivity contribution in [3.8, 4) is 0 Å². The van der Waals surface area contributed by atoms with Gasteiger partial charge < -0.3 is 0 Å². The fourth-order valence-corrected chi connectivity index (χ4v) is 4.99. The van der Waals surface area contributed by atoms with Crippen LogP contribution in [0.4, 0.5) is 0 Å². The molecule has 0 N–H and O–H groups in total. The first-order valence-electron chi connectivity index (χ1n) is 5.88. The van der Waals surface area contributed by atoms with E-state index < -0.39 is 0 Å². The van der Waals surface area contributed by atoms with Gasteiger partial charge >= 0.3 is 0 Å². The molecule has 0 aliphatic heterocycles. The summed E-state index contributed by atoms with van der Waals surface area (Å²) < 4.78 is 3.61. The molecular weight excluding hydrogens is 479 g/mol. The second kappa shape index (κ2) is 4.30. The third-order valence-electron chi connectivity index (χ3n) is 3.63. The standard InChI is InChI=1S/C16H7Br2I/c17-12-6-2-8-1-3-10-13(18)7-14(19)11-5-4-9(12)15(8)16(10)11/h1-7H. The van der Waals surface area contributed by atoms with E-state index in [-0.39, 0.29) is 0 Å². The van der Waals surface area contributed by atoms with Crippen molar-refractivity contribution in [1.82, 2.24) is 0 Å². The highest BCUT2D eigenvalue weighted by molar-refractivity contribution is 14.1. The minimum atomic E-state index is 1.16. The Morgan fingerprint density at radius 3 is 2.16 bits per heavy atom. The molecule has 0 saturated carbocycles. The highest BCUT2D eigenvalue weighted by Crippen LogP contribution is 2.41. The van der Waals surface area contributed by atoms with Gasteiger partial charge in [-0.2, -0.15) is 0 Å². The van der Waals surface area contributed by atoms with Crippen molar-refractivity contribution in [2.24, 2.45) is 0 Å². The largest absolute Gasteiger partial charge is 0.0537 e. The minimum absolute atomic E-state index is 1.16. The number of hydrogen-bond donors (Lipinski definition) is 0. The van der Waals surface area contributed by atoms with Gasteiger partial charge in [-0.15, -0.1) is 0 Å². The Hall–Kier alpha value is -0.390. The van der Waals surface area contributed by atoms with E-state index in [1.54, 1.807) is 0 Å². The third kappa shape index (κ3) is 1.68. The maximum atomic E-state index is 3.69. The van der Waals surface area contributed by atoms with Crippen molar-refractivity contribution in [2.45, 2.75) is 0 Å². The second-order valence-corrected chi connectivity index (χ2v) is 7.51. The first-order valence-corrected chi connectivity index (χ1v) is 8.54. The van der Waals surface area contributed by atoms with Crippen LogP contribution >= 0.6 is 54.5 Å². The topological polar surface area (TPSA) is 0 Å². The maximum Gasteiger partial charge on any atom is 0.0264 e. The van der Waals surface area contributed by atoms with Crippen molar-refractivity contribution in [3.63, 3.8) is 0 Å². The SMILES string of the molecule is Brc1ccc2ccc3c(Br)cc(I)c4ccc1c2c34. The molecule has 0 nitrogen and oxygen atoms in total. The predicted molar refractivity (Wildman–Crippen MR) is 98.3 cm³/mol. The number of hydrogen-bond acceptors (Lipinski definition) is 0. The lowest BCUT2D eigenvalue weighted by molar-refractivity contribution is 1.69. The van der Waals surface area contributed by atoms with Gasteiger partial charge in [-0.05, 0) is 67.0 Å². The highest BCUT2D eigenvalue weighted by atomic mass is 127. The number of halogens is 3. The summed E-state index contributed by atoms with van der Waals surface area (Å²) in [5.41, 5.74) is 0. The normalized spacial score (nSPS) is 11.9. The maximum absolute atomic E-state index is 3.69. The van der Waals surface area contributed by atoms with Gasteiger partial charge in [0.25, 0.3) is 0 Å². The molecule has 0 aromatic heterocycles. The lowest BCUT2D eigenvalue weighted by Crippen LogP contribution is -1.87. The van der Waals surface area contributed by atoms with E-state index in [4.69, 9.17) is 0 Å². The molecule has 0 bridgehead atoms. The van der Waals surface area contributed by atoms with Crippen molar-refractivity contribution < 1.29 is 0 Å². The van der Waals surface area contributed by atoms with E-state index in [9.17, 15) is 0 Å². The van der Waals surface area contributed by atoms with Crippen LogP contribution in [0.2, 0.25) is 0 Å². The Morgan fingerprint density at radius 2 is 1.32 bits per heavy atom. The highest BCUT2D eigenvalue weighted by Gasteiger charge is 2.13. The summed E-state index contributed by atoms with van der Waals surface area (Å²) in [7, 11) is 0. The van der Waals surface area contributed by atoms with Gasteiger partial charge in [0.15, 0.2) is 0 Å². The summed E-state index contributed by atoms with van der Waals surface area (Å²) >= 11 is 9.77. The lowest BCUT2D eigenvalue weighted by atomic mass is 9.94. The molecule has 0 aliphatic rings. The van der Waals surface area contributed by atoms with Crippen LogP contribution < -0.4 is 0 Å². The van der Waals surface area contributed by atoms with Crippen molar-refractivity contribution in [3.05, 3.63) is 55.0 Å². The summed E-state index contributed by atoms with van der Waals surface area (Å²) in [5.74, 6) is 0. The third-order valence-corrected chi connectivity index (χ3v) is 5.87. The molecule has 4 aromatic carbocycles. The average Bonchev–Trinajstić information content (AvgIpc) is 2.41. The van der Waals surface area contributed by atoms with Gasteiger partial charge in [0.05, 0.1) is 0 Å². The molecule has 4 rings (SSSR count). The molecule has 0 aliphatic carbocycles. The Morgan fingerprint density at radius 1 is 0.684 bits per heavy atom. The minimum Gasteiger partial charge on any atom is -0.0537 e. The molecular formula is C16H7Br2I. The summed E-state index contributed by atoms with van der Waals surface area (Å²) in [6.07, 6.45) is 0. The number of rotatable bonds is 0. The average molecular weight is 486 g/mol. The molecule has 19 heavy (non-hydrogen) atoms. The zero-order valence-electron chi connectivity index (χ0n) is 9.68. The zero-order chi connectivity index (χ0) is 13.1. The van der Waals surface area contributed by atoms with Gasteiger partial charge in [-0.25, -0.2) is 0 Å². The fraction of sp³-hybridized carbons (Fsp3) is 0. The molecule has 92 valence electrons. The van der Waals surface area contributed by atoms with Gasteiger partial charge in [0, 0.05) is 12.5 Å². The summed E-state index contributed by atoms with van der Waals surface area (Å²) in [6.45, 7) is 0. The quantitative estimate of drug-likeness (QED) is 0.192. The van der Waals surface area contributed by atoms with Gasteiger partial charge in [-0.3, -0.25) is 0 Å². The predicted octanol–water partition coefficient (Wildman–Crippen LogP) is 6.71. The van der Waals surface area contributed by atoms with Crippen LogP contribution in [0.5, 0.6) is 0 Å². The van der Waals surface area contributed by atoms with E-state index >= 15 is 0 Å². The second-order valence-electron chi connectivity index (χ2n) is 4.63. The van der Waals surface area contributed by atoms with Gasteiger partial charge in [0.2, 0.25) is 0 Å². The molecule has 0 fully saturated rings. The Labute approximate surface area is 140 Å². The van der Waals surface area contributed by atoms with Crippen molar-refractivity contribution >= 4 is 86.8 Å². The summed E-state index contributed by atoms with van der Waals surface area (Å²) in [6, 6.07) is 15.3. The lowest BCUT2D eigenvalue weighted by Gasteiger charge is -2.14. The van der Waals surface area contributed by atoms with Crippen molar-refractivity contribution in [2.75, 3.05) is 0 Å². The first-order chi connectivity index (χ1) is 9.16. The van der Waals surface area contributed by atoms with Crippen LogP contribution in [0.15, 0.2) is 51.4 Å². The monoisotopic (exact) mass is 484 g/mol. The Kier molecular flexibility index (Phi) is 2.80. The molecule has 0 radical (unpaired) electrons. The molecule has 0 atom stereocenters. The first kappa shape index (κ1) is 12.4. The van der Waals surface area contributed by atoms with Crippen LogP contribution in [0.1, 0.15) is 0 Å². The van der Waals surface area contributed by atoms with Crippen molar-refractivity contribution in [1.29, 1.82) is 0 Å². The smallest absolute Gasteiger partial charge is 0.0264 e. The summed E-state index contributed by atoms with van der Waals surface area (Å²) in [5, 5.41) is 7.90.